The van der Waals surface area contributed by atoms with Gasteiger partial charge in [-0.05, 0) is 33.6 Å². The summed E-state index contributed by atoms with van der Waals surface area (Å²) in [6.45, 7) is 6.07. The normalized spacial score (nSPS) is 20.3. The van der Waals surface area contributed by atoms with E-state index in [-0.39, 0.29) is 11.9 Å². The van der Waals surface area contributed by atoms with Crippen molar-refractivity contribution in [1.29, 1.82) is 0 Å². The molecule has 0 aromatic rings. The number of likely N-dealkylation sites (tertiary alicyclic amines) is 1. The van der Waals surface area contributed by atoms with E-state index >= 15 is 0 Å². The number of hydrogen-bond donors (Lipinski definition) is 0. The van der Waals surface area contributed by atoms with E-state index < -0.39 is 11.7 Å². The third-order valence-corrected chi connectivity index (χ3v) is 2.61. The molecule has 1 saturated heterocycles. The maximum Gasteiger partial charge on any atom is 0.410 e. The molecule has 0 bridgehead atoms. The number of carbonyl (C=O) groups is 2. The fourth-order valence-corrected chi connectivity index (χ4v) is 1.86. The Morgan fingerprint density at radius 2 is 1.88 bits per heavy atom. The first-order valence-corrected chi connectivity index (χ1v) is 5.93. The first kappa shape index (κ1) is 13.8. The van der Waals surface area contributed by atoms with Gasteiger partial charge in [-0.3, -0.25) is 9.69 Å². The summed E-state index contributed by atoms with van der Waals surface area (Å²) in [6.07, 6.45) is 1.18. The second-order valence-electron chi connectivity index (χ2n) is 5.56. The lowest BCUT2D eigenvalue weighted by Gasteiger charge is -2.29. The minimum atomic E-state index is -0.522. The summed E-state index contributed by atoms with van der Waals surface area (Å²) in [4.78, 5) is 26.9. The van der Waals surface area contributed by atoms with E-state index in [1.165, 1.54) is 9.80 Å². The van der Waals surface area contributed by atoms with Crippen LogP contribution in [0.1, 0.15) is 33.6 Å². The van der Waals surface area contributed by atoms with Gasteiger partial charge in [-0.15, -0.1) is 0 Å². The van der Waals surface area contributed by atoms with Crippen LogP contribution < -0.4 is 0 Å². The van der Waals surface area contributed by atoms with Gasteiger partial charge in [0.05, 0.1) is 0 Å². The molecule has 0 aliphatic carbocycles. The van der Waals surface area contributed by atoms with Crippen LogP contribution in [0.4, 0.5) is 4.79 Å². The van der Waals surface area contributed by atoms with E-state index in [2.05, 4.69) is 0 Å². The van der Waals surface area contributed by atoms with Gasteiger partial charge >= 0.3 is 6.09 Å². The standard InChI is InChI=1S/C12H22N2O3/c1-12(2,3)17-11(16)14-8-6-7-9(14)10(15)13(4)5/h9H,6-8H2,1-5H3/t9-/m1/s1. The summed E-state index contributed by atoms with van der Waals surface area (Å²) in [5.41, 5.74) is -0.522. The van der Waals surface area contributed by atoms with E-state index in [9.17, 15) is 9.59 Å². The number of likely N-dealkylation sites (N-methyl/N-ethyl adjacent to an activating group) is 1. The zero-order valence-electron chi connectivity index (χ0n) is 11.3. The van der Waals surface area contributed by atoms with Gasteiger partial charge in [0.25, 0.3) is 0 Å². The molecule has 2 amide bonds. The molecule has 1 aliphatic heterocycles. The van der Waals surface area contributed by atoms with Crippen LogP contribution in [0.25, 0.3) is 0 Å². The number of hydrogen-bond acceptors (Lipinski definition) is 3. The van der Waals surface area contributed by atoms with E-state index in [1.807, 2.05) is 20.8 Å². The Kier molecular flexibility index (Phi) is 4.01. The summed E-state index contributed by atoms with van der Waals surface area (Å²) >= 11 is 0. The van der Waals surface area contributed by atoms with E-state index in [0.717, 1.165) is 12.8 Å². The Balaban J connectivity index is 2.70. The summed E-state index contributed by atoms with van der Waals surface area (Å²) in [5.74, 6) is -0.0339. The maximum absolute atomic E-state index is 11.9. The number of amides is 2. The molecule has 0 unspecified atom stereocenters. The molecule has 1 aliphatic rings. The van der Waals surface area contributed by atoms with Gasteiger partial charge in [0.1, 0.15) is 11.6 Å². The quantitative estimate of drug-likeness (QED) is 0.699. The van der Waals surface area contributed by atoms with Crippen LogP contribution in [-0.2, 0) is 9.53 Å². The van der Waals surface area contributed by atoms with Crippen molar-refractivity contribution in [3.63, 3.8) is 0 Å². The second-order valence-corrected chi connectivity index (χ2v) is 5.56. The van der Waals surface area contributed by atoms with E-state index in [1.54, 1.807) is 14.1 Å². The first-order chi connectivity index (χ1) is 7.72. The molecular formula is C12H22N2O3. The Morgan fingerprint density at radius 3 is 2.35 bits per heavy atom. The van der Waals surface area contributed by atoms with Crippen molar-refractivity contribution < 1.29 is 14.3 Å². The van der Waals surface area contributed by atoms with Crippen molar-refractivity contribution in [2.75, 3.05) is 20.6 Å². The van der Waals surface area contributed by atoms with Crippen LogP contribution in [0, 0.1) is 0 Å². The average molecular weight is 242 g/mol. The highest BCUT2D eigenvalue weighted by Crippen LogP contribution is 2.21. The minimum absolute atomic E-state index is 0.0339. The monoisotopic (exact) mass is 242 g/mol. The number of ether oxygens (including phenoxy) is 1. The number of nitrogens with zero attached hydrogens (tertiary/aromatic N) is 2. The molecular weight excluding hydrogens is 220 g/mol. The van der Waals surface area contributed by atoms with Crippen LogP contribution in [0.3, 0.4) is 0 Å². The lowest BCUT2D eigenvalue weighted by Crippen LogP contribution is -2.47. The largest absolute Gasteiger partial charge is 0.444 e. The Bertz CT molecular complexity index is 307. The van der Waals surface area contributed by atoms with Gasteiger partial charge in [-0.25, -0.2) is 4.79 Å². The number of rotatable bonds is 1. The minimum Gasteiger partial charge on any atom is -0.444 e. The molecule has 1 fully saturated rings. The van der Waals surface area contributed by atoms with Gasteiger partial charge in [-0.1, -0.05) is 0 Å². The van der Waals surface area contributed by atoms with Crippen LogP contribution in [0.2, 0.25) is 0 Å². The van der Waals surface area contributed by atoms with Crippen molar-refractivity contribution in [3.05, 3.63) is 0 Å². The molecule has 0 saturated carbocycles. The van der Waals surface area contributed by atoms with Gasteiger partial charge in [0, 0.05) is 20.6 Å². The zero-order chi connectivity index (χ0) is 13.2. The van der Waals surface area contributed by atoms with Crippen molar-refractivity contribution in [3.8, 4) is 0 Å². The predicted octanol–water partition coefficient (Wildman–Crippen LogP) is 1.47. The van der Waals surface area contributed by atoms with Crippen LogP contribution in [0.5, 0.6) is 0 Å². The maximum atomic E-state index is 11.9. The summed E-state index contributed by atoms with van der Waals surface area (Å²) in [7, 11) is 3.40. The van der Waals surface area contributed by atoms with Gasteiger partial charge in [0.15, 0.2) is 0 Å². The van der Waals surface area contributed by atoms with Crippen molar-refractivity contribution in [1.82, 2.24) is 9.80 Å². The SMILES string of the molecule is CN(C)C(=O)[C@H]1CCCN1C(=O)OC(C)(C)C. The molecule has 1 atom stereocenters. The zero-order valence-corrected chi connectivity index (χ0v) is 11.3. The molecule has 98 valence electrons. The van der Waals surface area contributed by atoms with Crippen LogP contribution >= 0.6 is 0 Å². The smallest absolute Gasteiger partial charge is 0.410 e. The van der Waals surface area contributed by atoms with Gasteiger partial charge < -0.3 is 9.64 Å². The highest BCUT2D eigenvalue weighted by Gasteiger charge is 2.37. The molecule has 0 aromatic heterocycles. The third-order valence-electron chi connectivity index (χ3n) is 2.61. The Hall–Kier alpha value is -1.26. The summed E-state index contributed by atoms with van der Waals surface area (Å²) < 4.78 is 5.30. The first-order valence-electron chi connectivity index (χ1n) is 5.93. The average Bonchev–Trinajstić information content (AvgIpc) is 2.61. The molecule has 5 heteroatoms. The lowest BCUT2D eigenvalue weighted by atomic mass is 10.2. The molecule has 1 rings (SSSR count). The van der Waals surface area contributed by atoms with E-state index in [4.69, 9.17) is 4.74 Å². The predicted molar refractivity (Wildman–Crippen MR) is 64.7 cm³/mol. The van der Waals surface area contributed by atoms with Crippen molar-refractivity contribution in [2.45, 2.75) is 45.3 Å². The molecule has 5 nitrogen and oxygen atoms in total. The van der Waals surface area contributed by atoms with Crippen LogP contribution in [0.15, 0.2) is 0 Å². The molecule has 17 heavy (non-hydrogen) atoms. The molecule has 0 N–H and O–H groups in total. The Morgan fingerprint density at radius 1 is 1.29 bits per heavy atom. The Labute approximate surface area is 103 Å². The van der Waals surface area contributed by atoms with E-state index in [0.29, 0.717) is 6.54 Å². The summed E-state index contributed by atoms with van der Waals surface area (Å²) in [6, 6.07) is -0.361. The fraction of sp³-hybridized carbons (Fsp3) is 0.833. The molecule has 0 spiro atoms. The summed E-state index contributed by atoms with van der Waals surface area (Å²) in [5, 5.41) is 0. The molecule has 0 aromatic carbocycles. The highest BCUT2D eigenvalue weighted by molar-refractivity contribution is 5.86. The van der Waals surface area contributed by atoms with Crippen LogP contribution in [-0.4, -0.2) is 54.1 Å². The lowest BCUT2D eigenvalue weighted by molar-refractivity contribution is -0.133. The molecule has 0 radical (unpaired) electrons. The fourth-order valence-electron chi connectivity index (χ4n) is 1.86. The van der Waals surface area contributed by atoms with Gasteiger partial charge in [-0.2, -0.15) is 0 Å². The second kappa shape index (κ2) is 4.94. The highest BCUT2D eigenvalue weighted by atomic mass is 16.6. The molecule has 1 heterocycles. The number of carbonyl (C=O) groups excluding carboxylic acids is 2. The van der Waals surface area contributed by atoms with Crippen molar-refractivity contribution >= 4 is 12.0 Å². The van der Waals surface area contributed by atoms with Crippen molar-refractivity contribution in [2.24, 2.45) is 0 Å². The third kappa shape index (κ3) is 3.61. The van der Waals surface area contributed by atoms with Gasteiger partial charge in [0.2, 0.25) is 5.91 Å². The topological polar surface area (TPSA) is 49.9 Å².